The van der Waals surface area contributed by atoms with Gasteiger partial charge in [0, 0.05) is 11.8 Å². The van der Waals surface area contributed by atoms with Crippen LogP contribution in [0.4, 0.5) is 0 Å². The van der Waals surface area contributed by atoms with Gasteiger partial charge in [0.15, 0.2) is 0 Å². The lowest BCUT2D eigenvalue weighted by Gasteiger charge is -2.04. The highest BCUT2D eigenvalue weighted by Gasteiger charge is 2.02. The van der Waals surface area contributed by atoms with Gasteiger partial charge in [0.1, 0.15) is 0 Å². The Hall–Kier alpha value is -1.70. The van der Waals surface area contributed by atoms with Gasteiger partial charge in [-0.15, -0.1) is 0 Å². The Morgan fingerprint density at radius 3 is 2.47 bits per heavy atom. The number of aromatic nitrogens is 2. The monoisotopic (exact) mass is 198 g/mol. The van der Waals surface area contributed by atoms with Crippen LogP contribution in [0.3, 0.4) is 0 Å². The summed E-state index contributed by atoms with van der Waals surface area (Å²) in [5.41, 5.74) is 4.38. The zero-order valence-corrected chi connectivity index (χ0v) is 9.07. The van der Waals surface area contributed by atoms with Crippen molar-refractivity contribution >= 4 is 0 Å². The number of rotatable bonds is 2. The summed E-state index contributed by atoms with van der Waals surface area (Å²) in [6.45, 7) is 4.17. The van der Waals surface area contributed by atoms with Crippen LogP contribution in [0, 0.1) is 6.92 Å². The van der Waals surface area contributed by atoms with Gasteiger partial charge in [0.25, 0.3) is 0 Å². The number of hydrogen-bond acceptors (Lipinski definition) is 2. The lowest BCUT2D eigenvalue weighted by atomic mass is 10.1. The predicted octanol–water partition coefficient (Wildman–Crippen LogP) is 3.01. The fraction of sp³-hybridized carbons (Fsp3) is 0.231. The molecule has 0 unspecified atom stereocenters. The SMILES string of the molecule is CCc1cnc(-c2ccccc2C)cn1. The van der Waals surface area contributed by atoms with Crippen LogP contribution in [0.1, 0.15) is 18.2 Å². The van der Waals surface area contributed by atoms with Crippen molar-refractivity contribution in [2.75, 3.05) is 0 Å². The molecule has 0 N–H and O–H groups in total. The lowest BCUT2D eigenvalue weighted by Crippen LogP contribution is -1.92. The molecule has 0 aliphatic carbocycles. The maximum absolute atomic E-state index is 4.42. The van der Waals surface area contributed by atoms with Crippen LogP contribution >= 0.6 is 0 Å². The molecule has 2 aromatic rings. The van der Waals surface area contributed by atoms with Crippen molar-refractivity contribution in [2.24, 2.45) is 0 Å². The van der Waals surface area contributed by atoms with Crippen LogP contribution in [-0.4, -0.2) is 9.97 Å². The van der Waals surface area contributed by atoms with E-state index in [2.05, 4.69) is 35.9 Å². The molecule has 2 nitrogen and oxygen atoms in total. The van der Waals surface area contributed by atoms with Gasteiger partial charge in [-0.1, -0.05) is 31.2 Å². The molecule has 0 amide bonds. The zero-order valence-electron chi connectivity index (χ0n) is 9.07. The van der Waals surface area contributed by atoms with Crippen LogP contribution in [0.5, 0.6) is 0 Å². The molecule has 0 atom stereocenters. The summed E-state index contributed by atoms with van der Waals surface area (Å²) in [6, 6.07) is 8.22. The third-order valence-corrected chi connectivity index (χ3v) is 2.49. The number of benzene rings is 1. The normalized spacial score (nSPS) is 10.3. The second-order valence-electron chi connectivity index (χ2n) is 3.56. The fourth-order valence-electron chi connectivity index (χ4n) is 1.54. The molecule has 0 bridgehead atoms. The van der Waals surface area contributed by atoms with Crippen LogP contribution in [0.15, 0.2) is 36.7 Å². The third kappa shape index (κ3) is 2.04. The summed E-state index contributed by atoms with van der Waals surface area (Å²) in [7, 11) is 0. The van der Waals surface area contributed by atoms with Gasteiger partial charge < -0.3 is 0 Å². The van der Waals surface area contributed by atoms with E-state index in [1.54, 1.807) is 0 Å². The summed E-state index contributed by atoms with van der Waals surface area (Å²) in [5, 5.41) is 0. The van der Waals surface area contributed by atoms with Crippen LogP contribution in [0.25, 0.3) is 11.3 Å². The topological polar surface area (TPSA) is 25.8 Å². The van der Waals surface area contributed by atoms with E-state index in [9.17, 15) is 0 Å². The smallest absolute Gasteiger partial charge is 0.0888 e. The van der Waals surface area contributed by atoms with E-state index in [1.807, 2.05) is 24.5 Å². The van der Waals surface area contributed by atoms with Crippen LogP contribution in [-0.2, 0) is 6.42 Å². The van der Waals surface area contributed by atoms with Crippen molar-refractivity contribution in [1.82, 2.24) is 9.97 Å². The third-order valence-electron chi connectivity index (χ3n) is 2.49. The Bertz CT molecular complexity index is 446. The molecule has 2 rings (SSSR count). The minimum absolute atomic E-state index is 0.932. The molecule has 0 saturated carbocycles. The van der Waals surface area contributed by atoms with E-state index in [0.717, 1.165) is 23.4 Å². The van der Waals surface area contributed by atoms with Gasteiger partial charge >= 0.3 is 0 Å². The Kier molecular flexibility index (Phi) is 2.77. The van der Waals surface area contributed by atoms with Gasteiger partial charge in [0.2, 0.25) is 0 Å². The molecular weight excluding hydrogens is 184 g/mol. The van der Waals surface area contributed by atoms with E-state index in [1.165, 1.54) is 5.56 Å². The van der Waals surface area contributed by atoms with Crippen LogP contribution in [0.2, 0.25) is 0 Å². The van der Waals surface area contributed by atoms with E-state index in [-0.39, 0.29) is 0 Å². The molecule has 0 aliphatic rings. The van der Waals surface area contributed by atoms with Gasteiger partial charge in [0.05, 0.1) is 17.6 Å². The first-order valence-corrected chi connectivity index (χ1v) is 5.18. The molecule has 0 aliphatic heterocycles. The van der Waals surface area contributed by atoms with Gasteiger partial charge in [-0.2, -0.15) is 0 Å². The van der Waals surface area contributed by atoms with Gasteiger partial charge in [-0.05, 0) is 18.9 Å². The molecular formula is C13H14N2. The van der Waals surface area contributed by atoms with Gasteiger partial charge in [-0.3, -0.25) is 9.97 Å². The number of nitrogens with zero attached hydrogens (tertiary/aromatic N) is 2. The van der Waals surface area contributed by atoms with Crippen molar-refractivity contribution in [2.45, 2.75) is 20.3 Å². The first-order valence-electron chi connectivity index (χ1n) is 5.18. The van der Waals surface area contributed by atoms with Gasteiger partial charge in [-0.25, -0.2) is 0 Å². The Labute approximate surface area is 90.0 Å². The average Bonchev–Trinajstić information content (AvgIpc) is 2.30. The van der Waals surface area contributed by atoms with E-state index < -0.39 is 0 Å². The minimum atomic E-state index is 0.932. The predicted molar refractivity (Wildman–Crippen MR) is 61.6 cm³/mol. The first-order chi connectivity index (χ1) is 7.31. The molecule has 0 radical (unpaired) electrons. The maximum Gasteiger partial charge on any atom is 0.0888 e. The summed E-state index contributed by atoms with van der Waals surface area (Å²) in [5.74, 6) is 0. The highest BCUT2D eigenvalue weighted by atomic mass is 14.8. The van der Waals surface area contributed by atoms with Crippen molar-refractivity contribution < 1.29 is 0 Å². The molecule has 0 saturated heterocycles. The first kappa shape index (κ1) is 9.84. The summed E-state index contributed by atoms with van der Waals surface area (Å²) in [6.07, 6.45) is 4.63. The molecule has 15 heavy (non-hydrogen) atoms. The Balaban J connectivity index is 2.42. The molecule has 1 aromatic carbocycles. The van der Waals surface area contributed by atoms with Crippen molar-refractivity contribution in [1.29, 1.82) is 0 Å². The summed E-state index contributed by atoms with van der Waals surface area (Å²) < 4.78 is 0. The molecule has 2 heteroatoms. The molecule has 1 aromatic heterocycles. The lowest BCUT2D eigenvalue weighted by molar-refractivity contribution is 1.00. The van der Waals surface area contributed by atoms with E-state index >= 15 is 0 Å². The minimum Gasteiger partial charge on any atom is -0.257 e. The summed E-state index contributed by atoms with van der Waals surface area (Å²) >= 11 is 0. The maximum atomic E-state index is 4.42. The standard InChI is InChI=1S/C13H14N2/c1-3-11-8-15-13(9-14-11)12-7-5-4-6-10(12)2/h4-9H,3H2,1-2H3. The highest BCUT2D eigenvalue weighted by Crippen LogP contribution is 2.19. The average molecular weight is 198 g/mol. The second-order valence-corrected chi connectivity index (χ2v) is 3.56. The van der Waals surface area contributed by atoms with Crippen LogP contribution < -0.4 is 0 Å². The van der Waals surface area contributed by atoms with E-state index in [4.69, 9.17) is 0 Å². The second kappa shape index (κ2) is 4.22. The van der Waals surface area contributed by atoms with E-state index in [0.29, 0.717) is 0 Å². The molecule has 76 valence electrons. The van der Waals surface area contributed by atoms with Crippen molar-refractivity contribution in [3.05, 3.63) is 47.9 Å². The van der Waals surface area contributed by atoms with Crippen molar-refractivity contribution in [3.8, 4) is 11.3 Å². The highest BCUT2D eigenvalue weighted by molar-refractivity contribution is 5.62. The number of hydrogen-bond donors (Lipinski definition) is 0. The largest absolute Gasteiger partial charge is 0.257 e. The quantitative estimate of drug-likeness (QED) is 0.741. The summed E-state index contributed by atoms with van der Waals surface area (Å²) in [4.78, 5) is 8.77. The Morgan fingerprint density at radius 2 is 1.87 bits per heavy atom. The molecule has 0 spiro atoms. The molecule has 1 heterocycles. The van der Waals surface area contributed by atoms with Crippen molar-refractivity contribution in [3.63, 3.8) is 0 Å². The Morgan fingerprint density at radius 1 is 1.07 bits per heavy atom. The number of aryl methyl sites for hydroxylation is 2. The fourth-order valence-corrected chi connectivity index (χ4v) is 1.54. The zero-order chi connectivity index (χ0) is 10.7. The molecule has 0 fully saturated rings.